The normalized spacial score (nSPS) is 10.6. The fourth-order valence-corrected chi connectivity index (χ4v) is 3.61. The first-order chi connectivity index (χ1) is 11.5. The minimum Gasteiger partial charge on any atom is -0.497 e. The molecule has 24 heavy (non-hydrogen) atoms. The van der Waals surface area contributed by atoms with Gasteiger partial charge in [0.05, 0.1) is 12.1 Å². The number of carbonyl (C=O) groups excluding carboxylic acids is 2. The Morgan fingerprint density at radius 3 is 2.50 bits per heavy atom. The molecule has 0 saturated heterocycles. The number of halogens is 1. The van der Waals surface area contributed by atoms with Crippen molar-refractivity contribution in [3.8, 4) is 5.75 Å². The fraction of sp³-hybridized carbons (Fsp3) is 0.0588. The molecule has 7 heteroatoms. The van der Waals surface area contributed by atoms with E-state index in [-0.39, 0.29) is 5.91 Å². The maximum Gasteiger partial charge on any atom is 0.267 e. The van der Waals surface area contributed by atoms with Gasteiger partial charge in [-0.05, 0) is 42.5 Å². The Kier molecular flexibility index (Phi) is 4.42. The van der Waals surface area contributed by atoms with Crippen molar-refractivity contribution in [1.82, 2.24) is 0 Å². The molecule has 0 atom stereocenters. The van der Waals surface area contributed by atoms with Crippen LogP contribution in [0.3, 0.4) is 0 Å². The summed E-state index contributed by atoms with van der Waals surface area (Å²) in [5.41, 5.74) is 6.12. The number of anilines is 1. The van der Waals surface area contributed by atoms with Crippen LogP contribution in [0, 0.1) is 0 Å². The number of rotatable bonds is 4. The number of benzene rings is 2. The predicted molar refractivity (Wildman–Crippen MR) is 96.3 cm³/mol. The second kappa shape index (κ2) is 6.51. The highest BCUT2D eigenvalue weighted by atomic mass is 35.5. The second-order valence-electron chi connectivity index (χ2n) is 5.00. The highest BCUT2D eigenvalue weighted by Gasteiger charge is 2.18. The van der Waals surface area contributed by atoms with E-state index in [2.05, 4.69) is 5.32 Å². The summed E-state index contributed by atoms with van der Waals surface area (Å²) in [6.07, 6.45) is 0. The largest absolute Gasteiger partial charge is 0.497 e. The Morgan fingerprint density at radius 1 is 1.17 bits per heavy atom. The van der Waals surface area contributed by atoms with Gasteiger partial charge < -0.3 is 15.8 Å². The average molecular weight is 361 g/mol. The van der Waals surface area contributed by atoms with Gasteiger partial charge in [0, 0.05) is 21.3 Å². The maximum absolute atomic E-state index is 12.5. The number of fused-ring (bicyclic) bond motifs is 1. The standard InChI is InChI=1S/C17H13ClN2O3S/c1-23-11-6-7-13-12(8-11)14(18)15(24-13)17(22)20-10-4-2-9(3-5-10)16(19)21/h2-8H,1H3,(H2,19,21)(H,20,22). The minimum absolute atomic E-state index is 0.313. The number of ether oxygens (including phenoxy) is 1. The summed E-state index contributed by atoms with van der Waals surface area (Å²) in [5.74, 6) is -0.155. The predicted octanol–water partition coefficient (Wildman–Crippen LogP) is 3.91. The van der Waals surface area contributed by atoms with Crippen LogP contribution in [0.5, 0.6) is 5.75 Å². The topological polar surface area (TPSA) is 81.4 Å². The smallest absolute Gasteiger partial charge is 0.267 e. The Labute approximate surface area is 147 Å². The van der Waals surface area contributed by atoms with Crippen molar-refractivity contribution < 1.29 is 14.3 Å². The van der Waals surface area contributed by atoms with Gasteiger partial charge in [0.15, 0.2) is 0 Å². The lowest BCUT2D eigenvalue weighted by Gasteiger charge is -2.04. The summed E-state index contributed by atoms with van der Waals surface area (Å²) >= 11 is 7.65. The van der Waals surface area contributed by atoms with Crippen LogP contribution in [-0.2, 0) is 0 Å². The number of primary amides is 1. The van der Waals surface area contributed by atoms with E-state index in [1.54, 1.807) is 37.4 Å². The van der Waals surface area contributed by atoms with E-state index >= 15 is 0 Å². The molecule has 3 N–H and O–H groups in total. The molecule has 1 aromatic heterocycles. The number of nitrogens with two attached hydrogens (primary N) is 1. The number of amides is 2. The van der Waals surface area contributed by atoms with Crippen LogP contribution in [0.1, 0.15) is 20.0 Å². The highest BCUT2D eigenvalue weighted by Crippen LogP contribution is 2.37. The Hall–Kier alpha value is -2.57. The molecule has 0 saturated carbocycles. The molecule has 2 aromatic carbocycles. The summed E-state index contributed by atoms with van der Waals surface area (Å²) in [6, 6.07) is 11.8. The number of carbonyl (C=O) groups is 2. The summed E-state index contributed by atoms with van der Waals surface area (Å²) in [6.45, 7) is 0. The van der Waals surface area contributed by atoms with Crippen LogP contribution in [0.2, 0.25) is 5.02 Å². The van der Waals surface area contributed by atoms with Crippen molar-refractivity contribution in [1.29, 1.82) is 0 Å². The molecule has 3 aromatic rings. The van der Waals surface area contributed by atoms with E-state index in [1.807, 2.05) is 12.1 Å². The molecule has 3 rings (SSSR count). The van der Waals surface area contributed by atoms with Crippen molar-refractivity contribution in [2.45, 2.75) is 0 Å². The molecule has 122 valence electrons. The van der Waals surface area contributed by atoms with E-state index in [0.29, 0.717) is 26.9 Å². The number of methoxy groups -OCH3 is 1. The first-order valence-corrected chi connectivity index (χ1v) is 8.16. The van der Waals surface area contributed by atoms with Gasteiger partial charge in [0.2, 0.25) is 5.91 Å². The first-order valence-electron chi connectivity index (χ1n) is 6.97. The maximum atomic E-state index is 12.5. The highest BCUT2D eigenvalue weighted by molar-refractivity contribution is 7.21. The molecular formula is C17H13ClN2O3S. The molecule has 0 aliphatic heterocycles. The zero-order chi connectivity index (χ0) is 17.3. The Morgan fingerprint density at radius 2 is 1.88 bits per heavy atom. The van der Waals surface area contributed by atoms with Gasteiger partial charge >= 0.3 is 0 Å². The van der Waals surface area contributed by atoms with Gasteiger partial charge in [0.25, 0.3) is 5.91 Å². The van der Waals surface area contributed by atoms with Gasteiger partial charge in [0.1, 0.15) is 10.6 Å². The third-order valence-electron chi connectivity index (χ3n) is 3.47. The number of nitrogens with one attached hydrogen (secondary N) is 1. The molecular weight excluding hydrogens is 348 g/mol. The van der Waals surface area contributed by atoms with E-state index in [0.717, 1.165) is 10.1 Å². The first kappa shape index (κ1) is 16.3. The second-order valence-corrected chi connectivity index (χ2v) is 6.43. The Balaban J connectivity index is 1.88. The molecule has 0 radical (unpaired) electrons. The van der Waals surface area contributed by atoms with E-state index in [1.165, 1.54) is 11.3 Å². The summed E-state index contributed by atoms with van der Waals surface area (Å²) in [4.78, 5) is 23.9. The lowest BCUT2D eigenvalue weighted by molar-refractivity contribution is 0.0998. The Bertz CT molecular complexity index is 935. The molecule has 5 nitrogen and oxygen atoms in total. The summed E-state index contributed by atoms with van der Waals surface area (Å²) in [5, 5.41) is 3.92. The third-order valence-corrected chi connectivity index (χ3v) is 5.14. The fourth-order valence-electron chi connectivity index (χ4n) is 2.23. The SMILES string of the molecule is COc1ccc2sc(C(=O)Nc3ccc(C(N)=O)cc3)c(Cl)c2c1. The van der Waals surface area contributed by atoms with E-state index in [4.69, 9.17) is 22.1 Å². The van der Waals surface area contributed by atoms with Crippen molar-refractivity contribution in [3.05, 3.63) is 57.9 Å². The lowest BCUT2D eigenvalue weighted by atomic mass is 10.2. The molecule has 0 spiro atoms. The van der Waals surface area contributed by atoms with Crippen molar-refractivity contribution in [2.75, 3.05) is 12.4 Å². The van der Waals surface area contributed by atoms with Crippen LogP contribution in [0.25, 0.3) is 10.1 Å². The van der Waals surface area contributed by atoms with Crippen LogP contribution >= 0.6 is 22.9 Å². The van der Waals surface area contributed by atoms with Crippen LogP contribution in [0.4, 0.5) is 5.69 Å². The van der Waals surface area contributed by atoms with Gasteiger partial charge in [-0.3, -0.25) is 9.59 Å². The van der Waals surface area contributed by atoms with Crippen LogP contribution in [-0.4, -0.2) is 18.9 Å². The minimum atomic E-state index is -0.519. The lowest BCUT2D eigenvalue weighted by Crippen LogP contribution is -2.12. The van der Waals surface area contributed by atoms with Crippen molar-refractivity contribution >= 4 is 50.5 Å². The third kappa shape index (κ3) is 3.06. The summed E-state index contributed by atoms with van der Waals surface area (Å²) in [7, 11) is 1.57. The number of hydrogen-bond acceptors (Lipinski definition) is 4. The number of thiophene rings is 1. The zero-order valence-electron chi connectivity index (χ0n) is 12.6. The molecule has 0 aliphatic carbocycles. The average Bonchev–Trinajstić information content (AvgIpc) is 2.91. The van der Waals surface area contributed by atoms with E-state index in [9.17, 15) is 9.59 Å². The molecule has 2 amide bonds. The van der Waals surface area contributed by atoms with E-state index < -0.39 is 5.91 Å². The van der Waals surface area contributed by atoms with Gasteiger partial charge in [-0.2, -0.15) is 0 Å². The van der Waals surface area contributed by atoms with Crippen LogP contribution < -0.4 is 15.8 Å². The molecule has 0 aliphatic rings. The number of hydrogen-bond donors (Lipinski definition) is 2. The summed E-state index contributed by atoms with van der Waals surface area (Å²) < 4.78 is 6.08. The van der Waals surface area contributed by atoms with Gasteiger partial charge in [-0.25, -0.2) is 0 Å². The molecule has 0 unspecified atom stereocenters. The van der Waals surface area contributed by atoms with Gasteiger partial charge in [-0.15, -0.1) is 11.3 Å². The monoisotopic (exact) mass is 360 g/mol. The van der Waals surface area contributed by atoms with Crippen molar-refractivity contribution in [2.24, 2.45) is 5.73 Å². The van der Waals surface area contributed by atoms with Crippen LogP contribution in [0.15, 0.2) is 42.5 Å². The van der Waals surface area contributed by atoms with Crippen molar-refractivity contribution in [3.63, 3.8) is 0 Å². The molecule has 0 bridgehead atoms. The van der Waals surface area contributed by atoms with Gasteiger partial charge in [-0.1, -0.05) is 11.6 Å². The zero-order valence-corrected chi connectivity index (χ0v) is 14.2. The molecule has 1 heterocycles. The quantitative estimate of drug-likeness (QED) is 0.740. The molecule has 0 fully saturated rings.